The predicted molar refractivity (Wildman–Crippen MR) is 80.6 cm³/mol. The van der Waals surface area contributed by atoms with Crippen molar-refractivity contribution in [3.8, 4) is 17.6 Å². The zero-order chi connectivity index (χ0) is 16.3. The van der Waals surface area contributed by atoms with Crippen molar-refractivity contribution < 1.29 is 14.6 Å². The van der Waals surface area contributed by atoms with Gasteiger partial charge >= 0.3 is 0 Å². The number of carbonyl (C=O) groups is 1. The van der Waals surface area contributed by atoms with E-state index in [9.17, 15) is 15.2 Å². The van der Waals surface area contributed by atoms with Crippen LogP contribution in [0.5, 0.6) is 11.5 Å². The number of nitrogens with zero attached hydrogens (tertiary/aromatic N) is 3. The number of ether oxygens (including phenoxy) is 1. The molecule has 0 amide bonds. The van der Waals surface area contributed by atoms with Gasteiger partial charge in [-0.1, -0.05) is 6.07 Å². The van der Waals surface area contributed by atoms with Crippen LogP contribution in [0.1, 0.15) is 21.7 Å². The van der Waals surface area contributed by atoms with Gasteiger partial charge in [-0.15, -0.1) is 0 Å². The molecule has 1 aromatic carbocycles. The van der Waals surface area contributed by atoms with Crippen molar-refractivity contribution in [1.82, 2.24) is 9.78 Å². The first kappa shape index (κ1) is 15.3. The first-order valence-corrected chi connectivity index (χ1v) is 6.53. The molecule has 0 aliphatic carbocycles. The van der Waals surface area contributed by atoms with Crippen molar-refractivity contribution in [2.45, 2.75) is 13.8 Å². The molecule has 1 heterocycles. The Labute approximate surface area is 127 Å². The lowest BCUT2D eigenvalue weighted by Gasteiger charge is -2.05. The summed E-state index contributed by atoms with van der Waals surface area (Å²) in [5, 5.41) is 22.9. The molecule has 0 spiro atoms. The third-order valence-electron chi connectivity index (χ3n) is 3.07. The molecule has 0 aliphatic rings. The third-order valence-corrected chi connectivity index (χ3v) is 3.07. The number of phenolic OH excluding ortho intramolecular Hbond substituents is 1. The van der Waals surface area contributed by atoms with Gasteiger partial charge in [0.05, 0.1) is 12.8 Å². The van der Waals surface area contributed by atoms with Gasteiger partial charge in [-0.3, -0.25) is 4.79 Å². The third kappa shape index (κ3) is 2.99. The van der Waals surface area contributed by atoms with Crippen LogP contribution >= 0.6 is 0 Å². The van der Waals surface area contributed by atoms with E-state index in [1.165, 1.54) is 23.9 Å². The molecule has 6 heteroatoms. The summed E-state index contributed by atoms with van der Waals surface area (Å²) in [6.45, 7) is 3.52. The Bertz CT molecular complexity index is 797. The lowest BCUT2D eigenvalue weighted by Crippen LogP contribution is -2.15. The fraction of sp³-hybridized carbons (Fsp3) is 0.188. The molecule has 0 bridgehead atoms. The average Bonchev–Trinajstić information content (AvgIpc) is 2.84. The summed E-state index contributed by atoms with van der Waals surface area (Å²) in [7, 11) is 1.43. The van der Waals surface area contributed by atoms with E-state index < -0.39 is 5.91 Å². The number of benzene rings is 1. The lowest BCUT2D eigenvalue weighted by molar-refractivity contribution is 0.0943. The average molecular weight is 297 g/mol. The van der Waals surface area contributed by atoms with Crippen LogP contribution in [0.2, 0.25) is 0 Å². The van der Waals surface area contributed by atoms with Crippen molar-refractivity contribution in [3.63, 3.8) is 0 Å². The second kappa shape index (κ2) is 6.14. The Hall–Kier alpha value is -3.07. The Kier molecular flexibility index (Phi) is 4.28. The molecule has 0 aliphatic heterocycles. The van der Waals surface area contributed by atoms with Crippen LogP contribution in [0.25, 0.3) is 6.08 Å². The van der Waals surface area contributed by atoms with E-state index >= 15 is 0 Å². The predicted octanol–water partition coefficient (Wildman–Crippen LogP) is 2.46. The Morgan fingerprint density at radius 1 is 1.41 bits per heavy atom. The molecule has 0 unspecified atom stereocenters. The van der Waals surface area contributed by atoms with Gasteiger partial charge in [-0.05, 0) is 43.7 Å². The minimum absolute atomic E-state index is 0.0111. The van der Waals surface area contributed by atoms with Gasteiger partial charge in [-0.2, -0.15) is 10.4 Å². The normalized spacial score (nSPS) is 11.1. The number of allylic oxidation sites excluding steroid dienone is 1. The van der Waals surface area contributed by atoms with E-state index in [1.807, 2.05) is 6.07 Å². The van der Waals surface area contributed by atoms with Crippen molar-refractivity contribution in [2.24, 2.45) is 0 Å². The molecule has 0 radical (unpaired) electrons. The number of hydrogen-bond acceptors (Lipinski definition) is 5. The lowest BCUT2D eigenvalue weighted by atomic mass is 10.1. The maximum Gasteiger partial charge on any atom is 0.289 e. The van der Waals surface area contributed by atoms with Crippen molar-refractivity contribution >= 4 is 12.0 Å². The zero-order valence-electron chi connectivity index (χ0n) is 12.5. The van der Waals surface area contributed by atoms with Crippen LogP contribution in [-0.2, 0) is 0 Å². The monoisotopic (exact) mass is 297 g/mol. The molecule has 22 heavy (non-hydrogen) atoms. The largest absolute Gasteiger partial charge is 0.504 e. The summed E-state index contributed by atoms with van der Waals surface area (Å²) < 4.78 is 6.20. The van der Waals surface area contributed by atoms with Gasteiger partial charge in [0, 0.05) is 5.69 Å². The fourth-order valence-corrected chi connectivity index (χ4v) is 2.04. The highest BCUT2D eigenvalue weighted by Gasteiger charge is 2.15. The molecular formula is C16H15N3O3. The molecule has 0 saturated heterocycles. The molecule has 2 rings (SSSR count). The van der Waals surface area contributed by atoms with Gasteiger partial charge in [0.2, 0.25) is 0 Å². The molecule has 2 aromatic rings. The zero-order valence-corrected chi connectivity index (χ0v) is 12.5. The number of rotatable bonds is 3. The summed E-state index contributed by atoms with van der Waals surface area (Å²) in [5.41, 5.74) is 1.88. The highest BCUT2D eigenvalue weighted by atomic mass is 16.5. The number of aromatic hydroxyl groups is 1. The van der Waals surface area contributed by atoms with Gasteiger partial charge in [0.25, 0.3) is 5.91 Å². The highest BCUT2D eigenvalue weighted by Crippen LogP contribution is 2.27. The molecule has 6 nitrogen and oxygen atoms in total. The quantitative estimate of drug-likeness (QED) is 0.694. The number of carbonyl (C=O) groups excluding carboxylic acids is 1. The van der Waals surface area contributed by atoms with E-state index in [-0.39, 0.29) is 17.1 Å². The van der Waals surface area contributed by atoms with Gasteiger partial charge in [0.15, 0.2) is 11.5 Å². The van der Waals surface area contributed by atoms with E-state index in [4.69, 9.17) is 4.74 Å². The van der Waals surface area contributed by atoms with Crippen LogP contribution in [0, 0.1) is 25.2 Å². The van der Waals surface area contributed by atoms with E-state index in [1.54, 1.807) is 32.0 Å². The van der Waals surface area contributed by atoms with Gasteiger partial charge < -0.3 is 9.84 Å². The number of nitriles is 1. The summed E-state index contributed by atoms with van der Waals surface area (Å²) in [5.74, 6) is -0.243. The smallest absolute Gasteiger partial charge is 0.289 e. The molecule has 1 N–H and O–H groups in total. The molecule has 0 atom stereocenters. The van der Waals surface area contributed by atoms with Crippen molar-refractivity contribution in [3.05, 3.63) is 46.8 Å². The van der Waals surface area contributed by atoms with Crippen LogP contribution in [0.4, 0.5) is 0 Å². The van der Waals surface area contributed by atoms with Crippen LogP contribution in [0.15, 0.2) is 29.8 Å². The van der Waals surface area contributed by atoms with E-state index in [2.05, 4.69) is 5.10 Å². The maximum atomic E-state index is 12.4. The number of phenols is 1. The fourth-order valence-electron chi connectivity index (χ4n) is 2.04. The van der Waals surface area contributed by atoms with Crippen molar-refractivity contribution in [2.75, 3.05) is 7.11 Å². The Morgan fingerprint density at radius 2 is 2.14 bits per heavy atom. The second-order valence-electron chi connectivity index (χ2n) is 4.75. The van der Waals surface area contributed by atoms with Gasteiger partial charge in [-0.25, -0.2) is 4.68 Å². The maximum absolute atomic E-state index is 12.4. The first-order valence-electron chi connectivity index (χ1n) is 6.53. The first-order chi connectivity index (χ1) is 10.5. The molecule has 0 fully saturated rings. The number of methoxy groups -OCH3 is 1. The summed E-state index contributed by atoms with van der Waals surface area (Å²) >= 11 is 0. The van der Waals surface area contributed by atoms with Gasteiger partial charge in [0.1, 0.15) is 11.6 Å². The second-order valence-corrected chi connectivity index (χ2v) is 4.75. The minimum atomic E-state index is -0.500. The Balaban J connectivity index is 2.42. The standard InChI is InChI=1S/C16H15N3O3/c1-10-6-11(2)19(18-10)16(21)13(9-17)7-12-4-5-14(20)15(8-12)22-3/h4-8,20H,1-3H3/b13-7+. The SMILES string of the molecule is COc1cc(/C=C(\C#N)C(=O)n2nc(C)cc2C)ccc1O. The Morgan fingerprint density at radius 3 is 2.68 bits per heavy atom. The van der Waals surface area contributed by atoms with Crippen LogP contribution < -0.4 is 4.74 Å². The topological polar surface area (TPSA) is 88.1 Å². The summed E-state index contributed by atoms with van der Waals surface area (Å²) in [6, 6.07) is 8.21. The highest BCUT2D eigenvalue weighted by molar-refractivity contribution is 6.03. The summed E-state index contributed by atoms with van der Waals surface area (Å²) in [6.07, 6.45) is 1.43. The van der Waals surface area contributed by atoms with Crippen molar-refractivity contribution in [1.29, 1.82) is 5.26 Å². The van der Waals surface area contributed by atoms with E-state index in [0.717, 1.165) is 0 Å². The molecule has 1 aromatic heterocycles. The number of hydrogen-bond donors (Lipinski definition) is 1. The minimum Gasteiger partial charge on any atom is -0.504 e. The van der Waals surface area contributed by atoms with E-state index in [0.29, 0.717) is 17.0 Å². The summed E-state index contributed by atoms with van der Waals surface area (Å²) in [4.78, 5) is 12.4. The molecule has 112 valence electrons. The van der Waals surface area contributed by atoms with Crippen LogP contribution in [-0.4, -0.2) is 27.9 Å². The van der Waals surface area contributed by atoms with Crippen LogP contribution in [0.3, 0.4) is 0 Å². The molecule has 0 saturated carbocycles. The molecular weight excluding hydrogens is 282 g/mol. The number of aryl methyl sites for hydroxylation is 2. The number of aromatic nitrogens is 2.